The van der Waals surface area contributed by atoms with Crippen molar-refractivity contribution in [1.82, 2.24) is 0 Å². The molecule has 0 fully saturated rings. The highest BCUT2D eigenvalue weighted by atomic mass is 32.1. The van der Waals surface area contributed by atoms with Crippen LogP contribution < -0.4 is 9.13 Å². The summed E-state index contributed by atoms with van der Waals surface area (Å²) in [6.45, 7) is 4.22. The maximum Gasteiger partial charge on any atom is 0.408 e. The van der Waals surface area contributed by atoms with Crippen molar-refractivity contribution in [1.29, 1.82) is 0 Å². The summed E-state index contributed by atoms with van der Waals surface area (Å²) in [4.78, 5) is 0. The number of hydrogen-bond acceptors (Lipinski definition) is 6. The number of benzene rings is 2. The molecule has 2 aromatic carbocycles. The molecule has 0 radical (unpaired) electrons. The van der Waals surface area contributed by atoms with Gasteiger partial charge < -0.3 is 0 Å². The molecule has 180 valence electrons. The lowest BCUT2D eigenvalue weighted by Gasteiger charge is -2.06. The predicted octanol–water partition coefficient (Wildman–Crippen LogP) is 7.86. The highest BCUT2D eigenvalue weighted by Crippen LogP contribution is 2.25. The van der Waals surface area contributed by atoms with Crippen LogP contribution >= 0.6 is 22.7 Å². The topological polar surface area (TPSA) is 57.2 Å². The van der Waals surface area contributed by atoms with E-state index in [2.05, 4.69) is 70.7 Å². The van der Waals surface area contributed by atoms with Crippen molar-refractivity contribution in [3.05, 3.63) is 81.8 Å². The monoisotopic (exact) mass is 504 g/mol. The van der Waals surface area contributed by atoms with Gasteiger partial charge in [-0.3, -0.25) is 0 Å². The second-order valence-corrected chi connectivity index (χ2v) is 10.5. The van der Waals surface area contributed by atoms with Crippen LogP contribution in [0.1, 0.15) is 41.5 Å². The van der Waals surface area contributed by atoms with E-state index in [-0.39, 0.29) is 0 Å². The first kappa shape index (κ1) is 25.0. The van der Waals surface area contributed by atoms with Crippen LogP contribution in [0.15, 0.2) is 80.0 Å². The molecule has 0 N–H and O–H groups in total. The summed E-state index contributed by atoms with van der Waals surface area (Å²) in [6, 6.07) is 13.0. The minimum Gasteiger partial charge on any atom is -0.222 e. The van der Waals surface area contributed by atoms with Gasteiger partial charge in [0.1, 0.15) is 23.8 Å². The molecule has 6 nitrogen and oxygen atoms in total. The fourth-order valence-corrected chi connectivity index (χ4v) is 5.21. The Morgan fingerprint density at radius 3 is 1.46 bits per heavy atom. The van der Waals surface area contributed by atoms with E-state index in [0.29, 0.717) is 0 Å². The molecule has 0 unspecified atom stereocenters. The summed E-state index contributed by atoms with van der Waals surface area (Å²) in [7, 11) is 3.97. The molecule has 35 heavy (non-hydrogen) atoms. The first-order chi connectivity index (χ1) is 17.0. The van der Waals surface area contributed by atoms with Crippen LogP contribution in [0.25, 0.3) is 0 Å². The second kappa shape index (κ2) is 12.0. The minimum atomic E-state index is 0.898. The standard InChI is InChI=1S/C27H32N6S2/c1-20-18-22(10-12-24(20)28-30-26-32(3)14-16-34-26)8-6-5-7-9-23-11-13-25(21(2)19-23)29-31-27-33(4)15-17-35-27/h10-19H,5-9H2,1-4H3/q+2. The maximum atomic E-state index is 4.44. The van der Waals surface area contributed by atoms with E-state index < -0.39 is 0 Å². The summed E-state index contributed by atoms with van der Waals surface area (Å²) in [5, 5.41) is 23.4. The number of rotatable bonds is 10. The number of thiazole rings is 2. The fourth-order valence-electron chi connectivity index (χ4n) is 3.85. The van der Waals surface area contributed by atoms with Crippen LogP contribution in [0.3, 0.4) is 0 Å². The molecule has 0 aliphatic carbocycles. The Morgan fingerprint density at radius 1 is 0.629 bits per heavy atom. The number of nitrogens with zero attached hydrogens (tertiary/aromatic N) is 6. The molecule has 0 saturated carbocycles. The van der Waals surface area contributed by atoms with Crippen LogP contribution in [0, 0.1) is 13.8 Å². The zero-order valence-corrected chi connectivity index (χ0v) is 22.4. The Kier molecular flexibility index (Phi) is 8.60. The molecule has 0 aliphatic heterocycles. The summed E-state index contributed by atoms with van der Waals surface area (Å²) >= 11 is 3.18. The predicted molar refractivity (Wildman–Crippen MR) is 143 cm³/mol. The molecule has 4 aromatic rings. The summed E-state index contributed by atoms with van der Waals surface area (Å²) in [5.41, 5.74) is 6.95. The van der Waals surface area contributed by atoms with Crippen molar-refractivity contribution >= 4 is 44.3 Å². The van der Waals surface area contributed by atoms with Crippen LogP contribution in [-0.2, 0) is 26.9 Å². The zero-order valence-electron chi connectivity index (χ0n) is 20.8. The Morgan fingerprint density at radius 2 is 1.09 bits per heavy atom. The van der Waals surface area contributed by atoms with Gasteiger partial charge in [0.05, 0.1) is 24.3 Å². The Labute approximate surface area is 215 Å². The SMILES string of the molecule is Cc1cc(CCCCCc2ccc(N=Nc3scc[n+]3C)c(C)c2)ccc1N=Nc1scc[n+]1C. The van der Waals surface area contributed by atoms with Gasteiger partial charge in [0.2, 0.25) is 0 Å². The second-order valence-electron chi connectivity index (χ2n) is 8.80. The van der Waals surface area contributed by atoms with E-state index in [0.717, 1.165) is 34.5 Å². The van der Waals surface area contributed by atoms with Gasteiger partial charge in [-0.05, 0) is 107 Å². The maximum absolute atomic E-state index is 4.44. The molecular weight excluding hydrogens is 472 g/mol. The van der Waals surface area contributed by atoms with Gasteiger partial charge in [0, 0.05) is 10.8 Å². The molecule has 0 aliphatic rings. The molecule has 0 spiro atoms. The quantitative estimate of drug-likeness (QED) is 0.120. The van der Waals surface area contributed by atoms with Crippen molar-refractivity contribution in [2.75, 3.05) is 0 Å². The number of aromatic nitrogens is 2. The highest BCUT2D eigenvalue weighted by Gasteiger charge is 2.10. The molecule has 0 bridgehead atoms. The van der Waals surface area contributed by atoms with E-state index in [9.17, 15) is 0 Å². The van der Waals surface area contributed by atoms with Gasteiger partial charge >= 0.3 is 10.3 Å². The first-order valence-corrected chi connectivity index (χ1v) is 13.6. The van der Waals surface area contributed by atoms with Gasteiger partial charge in [0.15, 0.2) is 0 Å². The summed E-state index contributed by atoms with van der Waals surface area (Å²) in [6.07, 6.45) is 9.76. The summed E-state index contributed by atoms with van der Waals surface area (Å²) in [5.74, 6) is 0. The van der Waals surface area contributed by atoms with Crippen molar-refractivity contribution in [3.63, 3.8) is 0 Å². The Hall–Kier alpha value is -3.10. The van der Waals surface area contributed by atoms with Crippen LogP contribution in [0.2, 0.25) is 0 Å². The van der Waals surface area contributed by atoms with Crippen molar-refractivity contribution in [3.8, 4) is 0 Å². The number of aryl methyl sites for hydroxylation is 6. The van der Waals surface area contributed by atoms with Gasteiger partial charge in [-0.25, -0.2) is 9.13 Å². The van der Waals surface area contributed by atoms with E-state index in [1.165, 1.54) is 41.5 Å². The Bertz CT molecular complexity index is 1230. The molecule has 4 rings (SSSR count). The minimum absolute atomic E-state index is 0.898. The molecule has 0 atom stereocenters. The van der Waals surface area contributed by atoms with Crippen molar-refractivity contribution < 1.29 is 9.13 Å². The molecule has 2 aromatic heterocycles. The number of unbranched alkanes of at least 4 members (excludes halogenated alkanes) is 2. The molecular formula is C27H32N6S2+2. The van der Waals surface area contributed by atoms with Gasteiger partial charge in [0.25, 0.3) is 0 Å². The lowest BCUT2D eigenvalue weighted by atomic mass is 10.0. The van der Waals surface area contributed by atoms with Crippen molar-refractivity contribution in [2.24, 2.45) is 34.6 Å². The summed E-state index contributed by atoms with van der Waals surface area (Å²) < 4.78 is 3.95. The van der Waals surface area contributed by atoms with Gasteiger partial charge in [-0.2, -0.15) is 0 Å². The lowest BCUT2D eigenvalue weighted by Crippen LogP contribution is -2.23. The number of azo groups is 2. The first-order valence-electron chi connectivity index (χ1n) is 11.9. The lowest BCUT2D eigenvalue weighted by molar-refractivity contribution is -0.654. The largest absolute Gasteiger partial charge is 0.408 e. The van der Waals surface area contributed by atoms with E-state index in [4.69, 9.17) is 0 Å². The number of hydrogen-bond donors (Lipinski definition) is 0. The van der Waals surface area contributed by atoms with E-state index in [1.54, 1.807) is 22.7 Å². The molecule has 0 saturated heterocycles. The Balaban J connectivity index is 1.22. The average Bonchev–Trinajstić information content (AvgIpc) is 3.45. The molecule has 2 heterocycles. The van der Waals surface area contributed by atoms with Crippen LogP contribution in [-0.4, -0.2) is 0 Å². The third kappa shape index (κ3) is 6.96. The van der Waals surface area contributed by atoms with Crippen molar-refractivity contribution in [2.45, 2.75) is 46.0 Å². The average molecular weight is 505 g/mol. The van der Waals surface area contributed by atoms with E-state index in [1.807, 2.05) is 46.4 Å². The van der Waals surface area contributed by atoms with Gasteiger partial charge in [-0.15, -0.1) is 0 Å². The highest BCUT2D eigenvalue weighted by molar-refractivity contribution is 7.13. The fraction of sp³-hybridized carbons (Fsp3) is 0.333. The molecule has 0 amide bonds. The van der Waals surface area contributed by atoms with Crippen LogP contribution in [0.5, 0.6) is 0 Å². The van der Waals surface area contributed by atoms with Crippen LogP contribution in [0.4, 0.5) is 21.6 Å². The van der Waals surface area contributed by atoms with E-state index >= 15 is 0 Å². The normalized spacial score (nSPS) is 11.8. The van der Waals surface area contributed by atoms with Gasteiger partial charge in [-0.1, -0.05) is 30.7 Å². The third-order valence-electron chi connectivity index (χ3n) is 5.96. The third-order valence-corrected chi connectivity index (χ3v) is 7.64. The molecule has 8 heteroatoms. The smallest absolute Gasteiger partial charge is 0.222 e. The zero-order chi connectivity index (χ0) is 24.6.